The van der Waals surface area contributed by atoms with Crippen molar-refractivity contribution in [3.05, 3.63) is 60.2 Å². The molecular weight excluding hydrogens is 404 g/mol. The predicted octanol–water partition coefficient (Wildman–Crippen LogP) is 2.61. The lowest BCUT2D eigenvalue weighted by atomic mass is 10.1. The fourth-order valence-electron chi connectivity index (χ4n) is 2.12. The Morgan fingerprint density at radius 3 is 2.11 bits per heavy atom. The zero-order chi connectivity index (χ0) is 21.4. The first-order valence-electron chi connectivity index (χ1n) is 8.15. The van der Waals surface area contributed by atoms with Gasteiger partial charge in [-0.05, 0) is 38.1 Å². The molecular formula is C19H24O7S2. The molecule has 2 aromatic carbocycles. The summed E-state index contributed by atoms with van der Waals surface area (Å²) in [6, 6.07) is 18.0. The third-order valence-corrected chi connectivity index (χ3v) is 5.92. The summed E-state index contributed by atoms with van der Waals surface area (Å²) in [6.45, 7) is 2.24. The Kier molecular flexibility index (Phi) is 8.96. The highest BCUT2D eigenvalue weighted by molar-refractivity contribution is 7.95. The molecule has 0 saturated carbocycles. The van der Waals surface area contributed by atoms with Crippen molar-refractivity contribution in [3.63, 3.8) is 0 Å². The van der Waals surface area contributed by atoms with Crippen molar-refractivity contribution in [1.82, 2.24) is 0 Å². The molecule has 0 aromatic heterocycles. The molecule has 154 valence electrons. The average molecular weight is 429 g/mol. The zero-order valence-corrected chi connectivity index (χ0v) is 17.7. The Hall–Kier alpha value is -2.07. The molecule has 1 atom stereocenters. The Morgan fingerprint density at radius 1 is 1.11 bits per heavy atom. The lowest BCUT2D eigenvalue weighted by molar-refractivity contribution is -0.156. The van der Waals surface area contributed by atoms with Crippen molar-refractivity contribution in [2.24, 2.45) is 0 Å². The molecule has 0 bridgehead atoms. The molecule has 2 rings (SSSR count). The van der Waals surface area contributed by atoms with Crippen molar-refractivity contribution in [3.8, 4) is 5.75 Å². The number of carbonyl (C=O) groups excluding carboxylic acids is 1. The Bertz CT molecular complexity index is 848. The van der Waals surface area contributed by atoms with Crippen LogP contribution in [0, 0.1) is 0 Å². The number of phenolic OH excluding ortho intramolecular Hbond substituents is 1. The molecule has 1 unspecified atom stereocenters. The smallest absolute Gasteiger partial charge is 0.339 e. The van der Waals surface area contributed by atoms with Crippen molar-refractivity contribution in [2.75, 3.05) is 13.4 Å². The van der Waals surface area contributed by atoms with Gasteiger partial charge in [0.1, 0.15) is 17.8 Å². The number of phenols is 1. The molecule has 1 N–H and O–H groups in total. The van der Waals surface area contributed by atoms with Crippen LogP contribution in [0.5, 0.6) is 5.75 Å². The van der Waals surface area contributed by atoms with Crippen LogP contribution >= 0.6 is 0 Å². The summed E-state index contributed by atoms with van der Waals surface area (Å²) in [6.07, 6.45) is 2.24. The van der Waals surface area contributed by atoms with E-state index in [9.17, 15) is 22.9 Å². The van der Waals surface area contributed by atoms with Crippen LogP contribution in [0.2, 0.25) is 0 Å². The van der Waals surface area contributed by atoms with Crippen LogP contribution in [0.25, 0.3) is 0 Å². The minimum atomic E-state index is -4.89. The monoisotopic (exact) mass is 428 g/mol. The number of hydrogen-bond acceptors (Lipinski definition) is 7. The maximum atomic E-state index is 10.8. The predicted molar refractivity (Wildman–Crippen MR) is 107 cm³/mol. The van der Waals surface area contributed by atoms with Gasteiger partial charge in [0.05, 0.1) is 7.11 Å². The van der Waals surface area contributed by atoms with Crippen LogP contribution in [0.1, 0.15) is 19.4 Å². The topological polar surface area (TPSA) is 113 Å². The number of methoxy groups -OCH3 is 1. The summed E-state index contributed by atoms with van der Waals surface area (Å²) in [5, 5.41) is 9.23. The molecule has 0 heterocycles. The van der Waals surface area contributed by atoms with Gasteiger partial charge < -0.3 is 14.4 Å². The van der Waals surface area contributed by atoms with E-state index < -0.39 is 22.0 Å². The molecule has 0 amide bonds. The van der Waals surface area contributed by atoms with E-state index in [4.69, 9.17) is 0 Å². The van der Waals surface area contributed by atoms with Gasteiger partial charge in [0, 0.05) is 16.5 Å². The maximum Gasteiger partial charge on any atom is 0.339 e. The fraction of sp³-hybridized carbons (Fsp3) is 0.316. The Balaban J connectivity index is 0.000000295. The molecule has 0 fully saturated rings. The Morgan fingerprint density at radius 2 is 1.64 bits per heavy atom. The Labute approximate surface area is 168 Å². The minimum Gasteiger partial charge on any atom is -0.725 e. The fourth-order valence-corrected chi connectivity index (χ4v) is 4.16. The highest BCUT2D eigenvalue weighted by atomic mass is 32.3. The SMILES string of the molecule is COC(=O)C(C)(C)OS(=O)(=O)[O-].C[S+](Cc1ccccc1)c1ccc(O)cc1. The first kappa shape index (κ1) is 24.0. The van der Waals surface area contributed by atoms with Gasteiger partial charge in [0.25, 0.3) is 0 Å². The summed E-state index contributed by atoms with van der Waals surface area (Å²) < 4.78 is 38.4. The standard InChI is InChI=1S/C14H14OS.C5H10O6S/c1-16(11-12-5-3-2-4-6-12)14-9-7-13(15)8-10-14;1-5(2,4(6)10-3)11-12(7,8)9/h2-10H,11H2,1H3;1-3H3,(H,7,8,9). The number of ether oxygens (including phenoxy) is 1. The van der Waals surface area contributed by atoms with E-state index >= 15 is 0 Å². The third kappa shape index (κ3) is 8.75. The van der Waals surface area contributed by atoms with Gasteiger partial charge in [0.2, 0.25) is 10.4 Å². The van der Waals surface area contributed by atoms with Crippen molar-refractivity contribution >= 4 is 27.3 Å². The second-order valence-corrected chi connectivity index (χ2v) is 9.27. The molecule has 0 saturated heterocycles. The van der Waals surface area contributed by atoms with E-state index in [0.29, 0.717) is 5.75 Å². The summed E-state index contributed by atoms with van der Waals surface area (Å²) >= 11 is 0. The number of rotatable bonds is 6. The number of aromatic hydroxyl groups is 1. The lowest BCUT2D eigenvalue weighted by Gasteiger charge is -2.22. The molecule has 0 aliphatic carbocycles. The van der Waals surface area contributed by atoms with Crippen LogP contribution < -0.4 is 0 Å². The van der Waals surface area contributed by atoms with Crippen LogP contribution in [0.4, 0.5) is 0 Å². The van der Waals surface area contributed by atoms with E-state index in [1.807, 2.05) is 18.2 Å². The zero-order valence-electron chi connectivity index (χ0n) is 16.1. The molecule has 9 heteroatoms. The minimum absolute atomic E-state index is 0.196. The molecule has 0 aliphatic heterocycles. The van der Waals surface area contributed by atoms with Gasteiger partial charge in [-0.1, -0.05) is 30.3 Å². The number of esters is 1. The van der Waals surface area contributed by atoms with Crippen molar-refractivity contribution in [1.29, 1.82) is 0 Å². The first-order valence-corrected chi connectivity index (χ1v) is 11.3. The van der Waals surface area contributed by atoms with E-state index in [1.165, 1.54) is 10.5 Å². The highest BCUT2D eigenvalue weighted by Gasteiger charge is 2.32. The number of benzene rings is 2. The largest absolute Gasteiger partial charge is 0.725 e. The molecule has 0 spiro atoms. The second kappa shape index (κ2) is 10.5. The highest BCUT2D eigenvalue weighted by Crippen LogP contribution is 2.19. The van der Waals surface area contributed by atoms with Crippen molar-refractivity contribution in [2.45, 2.75) is 30.1 Å². The van der Waals surface area contributed by atoms with Gasteiger partial charge in [-0.3, -0.25) is 4.18 Å². The quantitative estimate of drug-likeness (QED) is 0.326. The average Bonchev–Trinajstić information content (AvgIpc) is 2.61. The van der Waals surface area contributed by atoms with Crippen molar-refractivity contribution < 1.29 is 31.8 Å². The summed E-state index contributed by atoms with van der Waals surface area (Å²) in [4.78, 5) is 12.1. The summed E-state index contributed by atoms with van der Waals surface area (Å²) in [5.41, 5.74) is -0.406. The molecule has 0 radical (unpaired) electrons. The number of hydrogen-bond donors (Lipinski definition) is 1. The normalized spacial score (nSPS) is 12.5. The molecule has 28 heavy (non-hydrogen) atoms. The van der Waals surface area contributed by atoms with Crippen LogP contribution in [-0.2, 0) is 40.8 Å². The molecule has 0 aliphatic rings. The summed E-state index contributed by atoms with van der Waals surface area (Å²) in [7, 11) is -3.63. The van der Waals surface area contributed by atoms with Crippen LogP contribution in [-0.4, -0.2) is 43.0 Å². The van der Waals surface area contributed by atoms with E-state index in [-0.39, 0.29) is 10.9 Å². The second-order valence-electron chi connectivity index (χ2n) is 6.25. The number of carbonyl (C=O) groups is 1. The van der Waals surface area contributed by atoms with E-state index in [2.05, 4.69) is 39.4 Å². The van der Waals surface area contributed by atoms with Gasteiger partial charge in [0.15, 0.2) is 10.5 Å². The summed E-state index contributed by atoms with van der Waals surface area (Å²) in [5.74, 6) is 0.466. The first-order chi connectivity index (χ1) is 12.9. The third-order valence-electron chi connectivity index (χ3n) is 3.45. The van der Waals surface area contributed by atoms with E-state index in [0.717, 1.165) is 26.7 Å². The van der Waals surface area contributed by atoms with Gasteiger partial charge in [-0.2, -0.15) is 0 Å². The van der Waals surface area contributed by atoms with Crippen LogP contribution in [0.15, 0.2) is 59.5 Å². The maximum absolute atomic E-state index is 10.8. The van der Waals surface area contributed by atoms with Gasteiger partial charge in [-0.15, -0.1) is 0 Å². The molecule has 2 aromatic rings. The van der Waals surface area contributed by atoms with Gasteiger partial charge >= 0.3 is 5.97 Å². The van der Waals surface area contributed by atoms with E-state index in [1.54, 1.807) is 12.1 Å². The van der Waals surface area contributed by atoms with Gasteiger partial charge in [-0.25, -0.2) is 13.2 Å². The lowest BCUT2D eigenvalue weighted by Crippen LogP contribution is -2.38. The molecule has 7 nitrogen and oxygen atoms in total. The van der Waals surface area contributed by atoms with Crippen LogP contribution in [0.3, 0.4) is 0 Å².